The normalized spacial score (nSPS) is 13.2. The van der Waals surface area contributed by atoms with Gasteiger partial charge in [-0.2, -0.15) is 0 Å². The number of hydrogen-bond donors (Lipinski definition) is 2. The summed E-state index contributed by atoms with van der Waals surface area (Å²) in [6.45, 7) is 4.64. The number of aryl methyl sites for hydroxylation is 2. The summed E-state index contributed by atoms with van der Waals surface area (Å²) in [5.41, 5.74) is 2.30. The molecule has 1 atom stereocenters. The molecular weight excluding hydrogens is 166 g/mol. The van der Waals surface area contributed by atoms with E-state index in [1.807, 2.05) is 26.0 Å². The van der Waals surface area contributed by atoms with Crippen molar-refractivity contribution in [2.45, 2.75) is 32.9 Å². The van der Waals surface area contributed by atoms with Crippen LogP contribution in [0.5, 0.6) is 0 Å². The minimum absolute atomic E-state index is 0.0422. The number of aliphatic hydroxyl groups is 2. The van der Waals surface area contributed by atoms with Gasteiger partial charge in [-0.3, -0.25) is 0 Å². The first-order valence-corrected chi connectivity index (χ1v) is 4.57. The fourth-order valence-electron chi connectivity index (χ4n) is 1.44. The third-order valence-corrected chi connectivity index (χ3v) is 2.27. The van der Waals surface area contributed by atoms with E-state index < -0.39 is 6.10 Å². The molecule has 0 bridgehead atoms. The molecule has 2 N–H and O–H groups in total. The lowest BCUT2D eigenvalue weighted by Crippen LogP contribution is -2.18. The predicted molar refractivity (Wildman–Crippen MR) is 51.6 cm³/mol. The van der Waals surface area contributed by atoms with Gasteiger partial charge < -0.3 is 14.8 Å². The van der Waals surface area contributed by atoms with Gasteiger partial charge in [0.05, 0.1) is 6.10 Å². The van der Waals surface area contributed by atoms with Crippen LogP contribution in [0, 0.1) is 13.8 Å². The number of rotatable bonds is 4. The van der Waals surface area contributed by atoms with Crippen LogP contribution in [-0.2, 0) is 6.54 Å². The van der Waals surface area contributed by atoms with Crippen molar-refractivity contribution < 1.29 is 10.2 Å². The van der Waals surface area contributed by atoms with E-state index in [0.29, 0.717) is 13.0 Å². The van der Waals surface area contributed by atoms with Crippen LogP contribution in [0.2, 0.25) is 0 Å². The van der Waals surface area contributed by atoms with E-state index in [1.54, 1.807) is 0 Å². The molecule has 1 aromatic rings. The summed E-state index contributed by atoms with van der Waals surface area (Å²) >= 11 is 0. The highest BCUT2D eigenvalue weighted by Crippen LogP contribution is 2.08. The highest BCUT2D eigenvalue weighted by Gasteiger charge is 2.07. The first-order valence-electron chi connectivity index (χ1n) is 4.57. The van der Waals surface area contributed by atoms with Crippen LogP contribution in [0.1, 0.15) is 17.8 Å². The van der Waals surface area contributed by atoms with E-state index in [1.165, 1.54) is 0 Å². The lowest BCUT2D eigenvalue weighted by Gasteiger charge is -2.13. The minimum Gasteiger partial charge on any atom is -0.396 e. The van der Waals surface area contributed by atoms with Gasteiger partial charge in [0.2, 0.25) is 0 Å². The van der Waals surface area contributed by atoms with E-state index in [9.17, 15) is 5.11 Å². The van der Waals surface area contributed by atoms with Gasteiger partial charge in [-0.05, 0) is 32.4 Å². The molecule has 0 saturated heterocycles. The van der Waals surface area contributed by atoms with Gasteiger partial charge in [0, 0.05) is 24.5 Å². The van der Waals surface area contributed by atoms with E-state index in [0.717, 1.165) is 11.4 Å². The first kappa shape index (κ1) is 10.3. The largest absolute Gasteiger partial charge is 0.396 e. The Morgan fingerprint density at radius 2 is 1.85 bits per heavy atom. The Labute approximate surface area is 78.6 Å². The molecule has 0 saturated carbocycles. The average Bonchev–Trinajstić information content (AvgIpc) is 2.36. The molecule has 1 rings (SSSR count). The summed E-state index contributed by atoms with van der Waals surface area (Å²) < 4.78 is 2.06. The van der Waals surface area contributed by atoms with Gasteiger partial charge in [-0.15, -0.1) is 0 Å². The van der Waals surface area contributed by atoms with Crippen LogP contribution in [0.3, 0.4) is 0 Å². The average molecular weight is 183 g/mol. The Bertz CT molecular complexity index is 248. The fraction of sp³-hybridized carbons (Fsp3) is 0.600. The van der Waals surface area contributed by atoms with Gasteiger partial charge in [0.25, 0.3) is 0 Å². The Kier molecular flexibility index (Phi) is 3.51. The summed E-state index contributed by atoms with van der Waals surface area (Å²) in [4.78, 5) is 0. The summed E-state index contributed by atoms with van der Waals surface area (Å²) in [6, 6.07) is 4.06. The SMILES string of the molecule is Cc1ccc(C)n1C[C@@H](O)CCO. The molecule has 0 aromatic carbocycles. The molecule has 0 amide bonds. The monoisotopic (exact) mass is 183 g/mol. The van der Waals surface area contributed by atoms with Crippen molar-refractivity contribution in [3.8, 4) is 0 Å². The molecule has 3 nitrogen and oxygen atoms in total. The quantitative estimate of drug-likeness (QED) is 0.727. The number of hydrogen-bond acceptors (Lipinski definition) is 2. The lowest BCUT2D eigenvalue weighted by atomic mass is 10.2. The molecule has 0 aliphatic heterocycles. The second-order valence-corrected chi connectivity index (χ2v) is 3.39. The Balaban J connectivity index is 2.62. The summed E-state index contributed by atoms with van der Waals surface area (Å²) in [5.74, 6) is 0. The van der Waals surface area contributed by atoms with Crippen molar-refractivity contribution >= 4 is 0 Å². The lowest BCUT2D eigenvalue weighted by molar-refractivity contribution is 0.116. The smallest absolute Gasteiger partial charge is 0.0740 e. The summed E-state index contributed by atoms with van der Waals surface area (Å²) in [5, 5.41) is 18.1. The van der Waals surface area contributed by atoms with E-state index in [-0.39, 0.29) is 6.61 Å². The molecule has 0 aliphatic rings. The standard InChI is InChI=1S/C10H17NO2/c1-8-3-4-9(2)11(8)7-10(13)5-6-12/h3-4,10,12-13H,5-7H2,1-2H3/t10-/m0/s1. The van der Waals surface area contributed by atoms with Crippen LogP contribution in [-0.4, -0.2) is 27.5 Å². The maximum absolute atomic E-state index is 9.49. The zero-order chi connectivity index (χ0) is 9.84. The van der Waals surface area contributed by atoms with Crippen molar-refractivity contribution in [1.29, 1.82) is 0 Å². The maximum Gasteiger partial charge on any atom is 0.0740 e. The fourth-order valence-corrected chi connectivity index (χ4v) is 1.44. The first-order chi connectivity index (χ1) is 6.15. The molecule has 13 heavy (non-hydrogen) atoms. The Morgan fingerprint density at radius 1 is 1.31 bits per heavy atom. The van der Waals surface area contributed by atoms with Crippen molar-refractivity contribution in [1.82, 2.24) is 4.57 Å². The molecule has 0 unspecified atom stereocenters. The molecule has 0 fully saturated rings. The topological polar surface area (TPSA) is 45.4 Å². The third-order valence-electron chi connectivity index (χ3n) is 2.27. The maximum atomic E-state index is 9.49. The molecule has 3 heteroatoms. The molecular formula is C10H17NO2. The van der Waals surface area contributed by atoms with Gasteiger partial charge in [0.1, 0.15) is 0 Å². The van der Waals surface area contributed by atoms with Crippen molar-refractivity contribution in [3.05, 3.63) is 23.5 Å². The second kappa shape index (κ2) is 4.44. The van der Waals surface area contributed by atoms with Crippen LogP contribution in [0.15, 0.2) is 12.1 Å². The van der Waals surface area contributed by atoms with Crippen molar-refractivity contribution in [2.75, 3.05) is 6.61 Å². The molecule has 74 valence electrons. The van der Waals surface area contributed by atoms with Gasteiger partial charge in [0.15, 0.2) is 0 Å². The molecule has 0 spiro atoms. The molecule has 1 heterocycles. The van der Waals surface area contributed by atoms with Crippen LogP contribution in [0.4, 0.5) is 0 Å². The van der Waals surface area contributed by atoms with Crippen LogP contribution >= 0.6 is 0 Å². The zero-order valence-corrected chi connectivity index (χ0v) is 8.20. The minimum atomic E-state index is -0.449. The van der Waals surface area contributed by atoms with Gasteiger partial charge in [-0.1, -0.05) is 0 Å². The molecule has 0 radical (unpaired) electrons. The number of aromatic nitrogens is 1. The van der Waals surface area contributed by atoms with E-state index >= 15 is 0 Å². The number of aliphatic hydroxyl groups excluding tert-OH is 2. The Morgan fingerprint density at radius 3 is 2.31 bits per heavy atom. The van der Waals surface area contributed by atoms with Crippen molar-refractivity contribution in [2.24, 2.45) is 0 Å². The summed E-state index contributed by atoms with van der Waals surface area (Å²) in [7, 11) is 0. The zero-order valence-electron chi connectivity index (χ0n) is 8.20. The van der Waals surface area contributed by atoms with E-state index in [2.05, 4.69) is 4.57 Å². The Hall–Kier alpha value is -0.800. The van der Waals surface area contributed by atoms with Crippen LogP contribution in [0.25, 0.3) is 0 Å². The van der Waals surface area contributed by atoms with Crippen molar-refractivity contribution in [3.63, 3.8) is 0 Å². The van der Waals surface area contributed by atoms with Crippen LogP contribution < -0.4 is 0 Å². The highest BCUT2D eigenvalue weighted by molar-refractivity contribution is 5.13. The third kappa shape index (κ3) is 2.57. The second-order valence-electron chi connectivity index (χ2n) is 3.39. The highest BCUT2D eigenvalue weighted by atomic mass is 16.3. The summed E-state index contributed by atoms with van der Waals surface area (Å²) in [6.07, 6.45) is -0.00773. The van der Waals surface area contributed by atoms with E-state index in [4.69, 9.17) is 5.11 Å². The number of nitrogens with zero attached hydrogens (tertiary/aromatic N) is 1. The van der Waals surface area contributed by atoms with Gasteiger partial charge in [-0.25, -0.2) is 0 Å². The molecule has 0 aliphatic carbocycles. The predicted octanol–water partition coefficient (Wildman–Crippen LogP) is 0.848. The molecule has 1 aromatic heterocycles. The van der Waals surface area contributed by atoms with Gasteiger partial charge >= 0.3 is 0 Å².